The lowest BCUT2D eigenvalue weighted by atomic mass is 9.94. The van der Waals surface area contributed by atoms with Crippen molar-refractivity contribution in [2.75, 3.05) is 33.3 Å². The molecule has 1 amide bonds. The Morgan fingerprint density at radius 3 is 2.38 bits per heavy atom. The molecule has 6 heteroatoms. The lowest BCUT2D eigenvalue weighted by Gasteiger charge is -2.41. The zero-order chi connectivity index (χ0) is 22.3. The van der Waals surface area contributed by atoms with Gasteiger partial charge in [0.05, 0.1) is 12.8 Å². The number of ether oxygens (including phenoxy) is 1. The summed E-state index contributed by atoms with van der Waals surface area (Å²) in [5.74, 6) is 1.20. The molecule has 0 radical (unpaired) electrons. The van der Waals surface area contributed by atoms with E-state index in [1.807, 2.05) is 18.2 Å². The molecule has 6 nitrogen and oxygen atoms in total. The predicted octanol–water partition coefficient (Wildman–Crippen LogP) is 4.37. The summed E-state index contributed by atoms with van der Waals surface area (Å²) in [6, 6.07) is 15.9. The molecule has 2 aromatic rings. The Morgan fingerprint density at radius 2 is 1.72 bits per heavy atom. The SMILES string of the molecule is COc1ccc(C(=O)NC(=Nc2cccc(C)c2)N2CCN(C3CCCCC3)CC2)cc1. The number of piperazine rings is 1. The Bertz CT molecular complexity index is 927. The molecule has 1 heterocycles. The average Bonchev–Trinajstić information content (AvgIpc) is 2.84. The van der Waals surface area contributed by atoms with E-state index in [0.717, 1.165) is 49.2 Å². The number of aliphatic imine (C=N–C) groups is 1. The van der Waals surface area contributed by atoms with Crippen molar-refractivity contribution in [1.82, 2.24) is 15.1 Å². The standard InChI is InChI=1S/C26H34N4O2/c1-20-7-6-8-22(19-20)27-26(28-25(31)21-11-13-24(32-2)14-12-21)30-17-15-29(16-18-30)23-9-4-3-5-10-23/h6-8,11-14,19,23H,3-5,9-10,15-18H2,1-2H3,(H,27,28,31). The van der Waals surface area contributed by atoms with Crippen molar-refractivity contribution in [2.24, 2.45) is 4.99 Å². The first-order chi connectivity index (χ1) is 15.6. The van der Waals surface area contributed by atoms with E-state index in [-0.39, 0.29) is 5.91 Å². The van der Waals surface area contributed by atoms with E-state index in [0.29, 0.717) is 11.5 Å². The topological polar surface area (TPSA) is 57.2 Å². The molecule has 4 rings (SSSR count). The van der Waals surface area contributed by atoms with Crippen molar-refractivity contribution < 1.29 is 9.53 Å². The highest BCUT2D eigenvalue weighted by atomic mass is 16.5. The maximum atomic E-state index is 13.0. The first-order valence-corrected chi connectivity index (χ1v) is 11.7. The van der Waals surface area contributed by atoms with Gasteiger partial charge in [-0.15, -0.1) is 0 Å². The van der Waals surface area contributed by atoms with Crippen molar-refractivity contribution in [1.29, 1.82) is 0 Å². The highest BCUT2D eigenvalue weighted by Gasteiger charge is 2.27. The number of aryl methyl sites for hydroxylation is 1. The van der Waals surface area contributed by atoms with Crippen molar-refractivity contribution >= 4 is 17.6 Å². The zero-order valence-corrected chi connectivity index (χ0v) is 19.2. The van der Waals surface area contributed by atoms with Gasteiger partial charge in [0.15, 0.2) is 0 Å². The quantitative estimate of drug-likeness (QED) is 0.573. The Labute approximate surface area is 191 Å². The number of nitrogens with one attached hydrogen (secondary N) is 1. The zero-order valence-electron chi connectivity index (χ0n) is 19.2. The van der Waals surface area contributed by atoms with E-state index in [2.05, 4.69) is 28.1 Å². The molecule has 0 bridgehead atoms. The monoisotopic (exact) mass is 434 g/mol. The van der Waals surface area contributed by atoms with Crippen LogP contribution in [0.4, 0.5) is 5.69 Å². The predicted molar refractivity (Wildman–Crippen MR) is 129 cm³/mol. The van der Waals surface area contributed by atoms with Gasteiger partial charge in [0.2, 0.25) is 5.96 Å². The van der Waals surface area contributed by atoms with Gasteiger partial charge in [-0.3, -0.25) is 15.0 Å². The normalized spacial score (nSPS) is 18.4. The smallest absolute Gasteiger partial charge is 0.257 e. The summed E-state index contributed by atoms with van der Waals surface area (Å²) in [4.78, 5) is 22.7. The highest BCUT2D eigenvalue weighted by Crippen LogP contribution is 2.24. The summed E-state index contributed by atoms with van der Waals surface area (Å²) in [5, 5.41) is 3.08. The van der Waals surface area contributed by atoms with Crippen LogP contribution < -0.4 is 10.1 Å². The van der Waals surface area contributed by atoms with Gasteiger partial charge in [-0.25, -0.2) is 4.99 Å². The fourth-order valence-corrected chi connectivity index (χ4v) is 4.66. The molecule has 1 saturated carbocycles. The molecular weight excluding hydrogens is 400 g/mol. The molecule has 2 aromatic carbocycles. The number of carbonyl (C=O) groups excluding carboxylic acids is 1. The molecule has 32 heavy (non-hydrogen) atoms. The van der Waals surface area contributed by atoms with Gasteiger partial charge in [0.25, 0.3) is 5.91 Å². The summed E-state index contributed by atoms with van der Waals surface area (Å²) in [6.07, 6.45) is 6.71. The molecule has 170 valence electrons. The second kappa shape index (κ2) is 10.6. The maximum absolute atomic E-state index is 13.0. The number of methoxy groups -OCH3 is 1. The first-order valence-electron chi connectivity index (χ1n) is 11.7. The Kier molecular flexibility index (Phi) is 7.43. The molecule has 0 spiro atoms. The molecule has 1 aliphatic heterocycles. The molecule has 0 atom stereocenters. The van der Waals surface area contributed by atoms with Crippen molar-refractivity contribution in [3.63, 3.8) is 0 Å². The Hall–Kier alpha value is -2.86. The number of nitrogens with zero attached hydrogens (tertiary/aromatic N) is 3. The fourth-order valence-electron chi connectivity index (χ4n) is 4.66. The van der Waals surface area contributed by atoms with Gasteiger partial charge < -0.3 is 9.64 Å². The van der Waals surface area contributed by atoms with Crippen LogP contribution in [0.3, 0.4) is 0 Å². The number of rotatable bonds is 4. The molecule has 1 saturated heterocycles. The van der Waals surface area contributed by atoms with E-state index in [4.69, 9.17) is 9.73 Å². The Balaban J connectivity index is 1.49. The van der Waals surface area contributed by atoms with E-state index in [9.17, 15) is 4.79 Å². The number of amides is 1. The molecule has 1 aliphatic carbocycles. The third-order valence-electron chi connectivity index (χ3n) is 6.52. The van der Waals surface area contributed by atoms with Crippen LogP contribution in [0.1, 0.15) is 48.0 Å². The first kappa shape index (κ1) is 22.3. The molecule has 0 unspecified atom stereocenters. The minimum atomic E-state index is -0.159. The number of hydrogen-bond donors (Lipinski definition) is 1. The number of guanidine groups is 1. The minimum absolute atomic E-state index is 0.159. The fraction of sp³-hybridized carbons (Fsp3) is 0.462. The van der Waals surface area contributed by atoms with Gasteiger partial charge >= 0.3 is 0 Å². The van der Waals surface area contributed by atoms with E-state index < -0.39 is 0 Å². The largest absolute Gasteiger partial charge is 0.497 e. The highest BCUT2D eigenvalue weighted by molar-refractivity contribution is 6.06. The number of hydrogen-bond acceptors (Lipinski definition) is 4. The molecule has 2 fully saturated rings. The van der Waals surface area contributed by atoms with Crippen LogP contribution in [0.5, 0.6) is 5.75 Å². The third kappa shape index (κ3) is 5.68. The van der Waals surface area contributed by atoms with Gasteiger partial charge in [-0.1, -0.05) is 31.4 Å². The molecule has 2 aliphatic rings. The summed E-state index contributed by atoms with van der Waals surface area (Å²) < 4.78 is 5.21. The van der Waals surface area contributed by atoms with Crippen LogP contribution in [0.15, 0.2) is 53.5 Å². The second-order valence-electron chi connectivity index (χ2n) is 8.77. The van der Waals surface area contributed by atoms with E-state index >= 15 is 0 Å². The van der Waals surface area contributed by atoms with Gasteiger partial charge in [-0.2, -0.15) is 0 Å². The lowest BCUT2D eigenvalue weighted by molar-refractivity contribution is 0.0943. The molecular formula is C26H34N4O2. The van der Waals surface area contributed by atoms with E-state index in [1.165, 1.54) is 32.1 Å². The van der Waals surface area contributed by atoms with Crippen LogP contribution >= 0.6 is 0 Å². The summed E-state index contributed by atoms with van der Waals surface area (Å²) in [5.41, 5.74) is 2.59. The average molecular weight is 435 g/mol. The number of benzene rings is 2. The van der Waals surface area contributed by atoms with Crippen LogP contribution in [-0.2, 0) is 0 Å². The summed E-state index contributed by atoms with van der Waals surface area (Å²) in [7, 11) is 1.62. The van der Waals surface area contributed by atoms with Crippen molar-refractivity contribution in [3.05, 3.63) is 59.7 Å². The van der Waals surface area contributed by atoms with Crippen molar-refractivity contribution in [3.8, 4) is 5.75 Å². The molecule has 1 N–H and O–H groups in total. The van der Waals surface area contributed by atoms with Crippen LogP contribution in [0.2, 0.25) is 0 Å². The van der Waals surface area contributed by atoms with Crippen LogP contribution in [0.25, 0.3) is 0 Å². The summed E-state index contributed by atoms with van der Waals surface area (Å²) >= 11 is 0. The van der Waals surface area contributed by atoms with Crippen molar-refractivity contribution in [2.45, 2.75) is 45.1 Å². The lowest BCUT2D eigenvalue weighted by Crippen LogP contribution is -2.55. The molecule has 0 aromatic heterocycles. The summed E-state index contributed by atoms with van der Waals surface area (Å²) in [6.45, 7) is 5.80. The third-order valence-corrected chi connectivity index (χ3v) is 6.52. The second-order valence-corrected chi connectivity index (χ2v) is 8.77. The number of carbonyl (C=O) groups is 1. The van der Waals surface area contributed by atoms with E-state index in [1.54, 1.807) is 31.4 Å². The minimum Gasteiger partial charge on any atom is -0.497 e. The van der Waals surface area contributed by atoms with Gasteiger partial charge in [0.1, 0.15) is 5.75 Å². The van der Waals surface area contributed by atoms with Crippen LogP contribution in [-0.4, -0.2) is 61.0 Å². The van der Waals surface area contributed by atoms with Gasteiger partial charge in [0, 0.05) is 37.8 Å². The van der Waals surface area contributed by atoms with Crippen LogP contribution in [0, 0.1) is 6.92 Å². The van der Waals surface area contributed by atoms with Gasteiger partial charge in [-0.05, 0) is 61.7 Å². The maximum Gasteiger partial charge on any atom is 0.257 e. The Morgan fingerprint density at radius 1 is 1.00 bits per heavy atom.